The van der Waals surface area contributed by atoms with Crippen LogP contribution >= 0.6 is 11.6 Å². The average molecular weight is 608 g/mol. The number of hydrogen-bond acceptors (Lipinski definition) is 8. The number of aliphatic hydroxyl groups is 1. The molecule has 0 atom stereocenters. The van der Waals surface area contributed by atoms with Crippen LogP contribution in [0.1, 0.15) is 5.82 Å². The molecule has 0 spiro atoms. The summed E-state index contributed by atoms with van der Waals surface area (Å²) < 4.78 is 15.7. The predicted octanol–water partition coefficient (Wildman–Crippen LogP) is 5.02. The number of nitrogens with zero attached hydrogens (tertiary/aromatic N) is 6. The summed E-state index contributed by atoms with van der Waals surface area (Å²) in [6, 6.07) is 10.4. The molecule has 2 aromatic carbocycles. The monoisotopic (exact) mass is 607 g/mol. The third-order valence-electron chi connectivity index (χ3n) is 6.64. The first-order chi connectivity index (χ1) is 20.1. The van der Waals surface area contributed by atoms with Crippen LogP contribution in [0.2, 0.25) is 30.7 Å². The van der Waals surface area contributed by atoms with Gasteiger partial charge in [0.1, 0.15) is 41.1 Å². The molecule has 42 heavy (non-hydrogen) atoms. The molecule has 1 amide bonds. The third kappa shape index (κ3) is 6.96. The van der Waals surface area contributed by atoms with Gasteiger partial charge in [-0.1, -0.05) is 31.2 Å². The number of aliphatic hydroxyl groups excluding tert-OH is 1. The minimum atomic E-state index is -1.15. The lowest BCUT2D eigenvalue weighted by Gasteiger charge is -2.16. The summed E-state index contributed by atoms with van der Waals surface area (Å²) in [6.45, 7) is 10.3. The molecule has 3 heterocycles. The van der Waals surface area contributed by atoms with Gasteiger partial charge in [-0.25, -0.2) is 9.97 Å². The molecule has 0 radical (unpaired) electrons. The zero-order valence-corrected chi connectivity index (χ0v) is 25.9. The maximum Gasteiger partial charge on any atom is 0.241 e. The number of aryl methyl sites for hydroxylation is 1. The van der Waals surface area contributed by atoms with E-state index in [0.717, 1.165) is 29.5 Å². The Morgan fingerprint density at radius 1 is 1.12 bits per heavy atom. The number of nitrogens with one attached hydrogen (secondary N) is 1. The van der Waals surface area contributed by atoms with Gasteiger partial charge in [0.25, 0.3) is 0 Å². The molecule has 3 aromatic heterocycles. The Hall–Kier alpha value is -3.84. The highest BCUT2D eigenvalue weighted by atomic mass is 35.5. The molecule has 0 unspecified atom stereocenters. The van der Waals surface area contributed by atoms with Crippen molar-refractivity contribution in [1.82, 2.24) is 34.6 Å². The highest BCUT2D eigenvalue weighted by Gasteiger charge is 2.16. The van der Waals surface area contributed by atoms with Crippen LogP contribution in [-0.4, -0.2) is 68.1 Å². The van der Waals surface area contributed by atoms with Crippen LogP contribution in [0.25, 0.3) is 33.3 Å². The topological polar surface area (TPSA) is 129 Å². The number of rotatable bonds is 12. The van der Waals surface area contributed by atoms with Gasteiger partial charge < -0.3 is 24.5 Å². The fraction of sp³-hybridized carbons (Fsp3) is 0.345. The fourth-order valence-corrected chi connectivity index (χ4v) is 5.34. The summed E-state index contributed by atoms with van der Waals surface area (Å²) in [6.07, 6.45) is 4.95. The molecule has 11 nitrogen and oxygen atoms in total. The molecule has 2 N–H and O–H groups in total. The highest BCUT2D eigenvalue weighted by Crippen LogP contribution is 2.36. The van der Waals surface area contributed by atoms with Gasteiger partial charge in [0.15, 0.2) is 0 Å². The van der Waals surface area contributed by atoms with Gasteiger partial charge in [-0.3, -0.25) is 14.5 Å². The molecule has 0 aliphatic heterocycles. The van der Waals surface area contributed by atoms with E-state index >= 15 is 0 Å². The molecular formula is C29H34ClN7O4Si. The minimum Gasteiger partial charge on any atom is -0.456 e. The van der Waals surface area contributed by atoms with Crippen molar-refractivity contribution in [1.29, 1.82) is 0 Å². The minimum absolute atomic E-state index is 0.0213. The average Bonchev–Trinajstić information content (AvgIpc) is 3.54. The second kappa shape index (κ2) is 12.6. The Balaban J connectivity index is 1.33. The van der Waals surface area contributed by atoms with Crippen molar-refractivity contribution in [2.24, 2.45) is 0 Å². The lowest BCUT2D eigenvalue weighted by Crippen LogP contribution is -2.30. The van der Waals surface area contributed by atoms with Crippen LogP contribution in [-0.2, 0) is 22.8 Å². The van der Waals surface area contributed by atoms with E-state index in [9.17, 15) is 4.79 Å². The normalized spacial score (nSPS) is 11.9. The molecule has 0 saturated carbocycles. The number of amides is 1. The number of aromatic nitrogens is 6. The van der Waals surface area contributed by atoms with Crippen LogP contribution < -0.4 is 10.1 Å². The van der Waals surface area contributed by atoms with Crippen molar-refractivity contribution < 1.29 is 19.4 Å². The molecule has 5 aromatic rings. The Morgan fingerprint density at radius 2 is 1.95 bits per heavy atom. The number of carbonyl (C=O) groups excluding carboxylic acids is 1. The smallest absolute Gasteiger partial charge is 0.241 e. The van der Waals surface area contributed by atoms with Crippen molar-refractivity contribution in [2.45, 2.75) is 45.9 Å². The molecule has 0 saturated heterocycles. The lowest BCUT2D eigenvalue weighted by molar-refractivity contribution is -0.122. The van der Waals surface area contributed by atoms with E-state index < -0.39 is 8.07 Å². The quantitative estimate of drug-likeness (QED) is 0.149. The van der Waals surface area contributed by atoms with E-state index in [1.54, 1.807) is 30.7 Å². The van der Waals surface area contributed by atoms with E-state index in [1.165, 1.54) is 4.68 Å². The van der Waals surface area contributed by atoms with Crippen molar-refractivity contribution in [3.63, 3.8) is 0 Å². The van der Waals surface area contributed by atoms with Crippen molar-refractivity contribution in [3.8, 4) is 22.8 Å². The molecule has 13 heteroatoms. The van der Waals surface area contributed by atoms with Crippen molar-refractivity contribution >= 4 is 47.6 Å². The van der Waals surface area contributed by atoms with Gasteiger partial charge in [0, 0.05) is 39.1 Å². The predicted molar refractivity (Wildman–Crippen MR) is 165 cm³/mol. The van der Waals surface area contributed by atoms with Crippen LogP contribution in [0.5, 0.6) is 11.5 Å². The van der Waals surface area contributed by atoms with E-state index in [2.05, 4.69) is 39.6 Å². The summed E-state index contributed by atoms with van der Waals surface area (Å²) >= 11 is 6.77. The number of benzene rings is 2. The SMILES string of the molecule is Cc1nc2cc(Oc3ccc4ncc(-c5cnn(CC(=O)NCCO)c5)nc4c3Cl)ccc2n1COCC[Si](C)(C)C. The summed E-state index contributed by atoms with van der Waals surface area (Å²) in [5.41, 5.74) is 4.11. The number of hydrogen-bond donors (Lipinski definition) is 2. The van der Waals surface area contributed by atoms with Gasteiger partial charge in [0.2, 0.25) is 5.91 Å². The summed E-state index contributed by atoms with van der Waals surface area (Å²) in [4.78, 5) is 25.9. The van der Waals surface area contributed by atoms with E-state index in [4.69, 9.17) is 36.1 Å². The summed E-state index contributed by atoms with van der Waals surface area (Å²) in [7, 11) is -1.15. The van der Waals surface area contributed by atoms with Crippen LogP contribution in [0.15, 0.2) is 48.9 Å². The number of ether oxygens (including phenoxy) is 2. The van der Waals surface area contributed by atoms with E-state index in [0.29, 0.717) is 45.5 Å². The van der Waals surface area contributed by atoms with Gasteiger partial charge in [-0.2, -0.15) is 5.10 Å². The largest absolute Gasteiger partial charge is 0.456 e. The van der Waals surface area contributed by atoms with Gasteiger partial charge in [-0.15, -0.1) is 0 Å². The Labute approximate surface area is 249 Å². The Kier molecular flexibility index (Phi) is 8.87. The first kappa shape index (κ1) is 29.6. The summed E-state index contributed by atoms with van der Waals surface area (Å²) in [5, 5.41) is 16.0. The molecular weight excluding hydrogens is 574 g/mol. The number of fused-ring (bicyclic) bond motifs is 2. The fourth-order valence-electron chi connectivity index (χ4n) is 4.34. The third-order valence-corrected chi connectivity index (χ3v) is 8.71. The molecule has 0 aliphatic rings. The second-order valence-electron chi connectivity index (χ2n) is 11.2. The lowest BCUT2D eigenvalue weighted by atomic mass is 10.2. The highest BCUT2D eigenvalue weighted by molar-refractivity contribution is 6.76. The number of carbonyl (C=O) groups is 1. The van der Waals surface area contributed by atoms with Crippen LogP contribution in [0.3, 0.4) is 0 Å². The first-order valence-electron chi connectivity index (χ1n) is 13.7. The molecule has 0 aliphatic carbocycles. The van der Waals surface area contributed by atoms with E-state index in [-0.39, 0.29) is 25.6 Å². The van der Waals surface area contributed by atoms with Gasteiger partial charge in [0.05, 0.1) is 41.2 Å². The van der Waals surface area contributed by atoms with Crippen molar-refractivity contribution in [2.75, 3.05) is 19.8 Å². The van der Waals surface area contributed by atoms with Crippen molar-refractivity contribution in [3.05, 3.63) is 59.8 Å². The van der Waals surface area contributed by atoms with Gasteiger partial charge >= 0.3 is 0 Å². The standard InChI is InChI=1S/C29H34ClN7O4Si/c1-19-34-23-13-21(5-7-25(23)37(19)18-40-11-12-42(2,3)4)41-26-8-6-22-29(28(26)30)35-24(15-32-22)20-14-33-36(16-20)17-27(39)31-9-10-38/h5-8,13-16,38H,9-12,17-18H2,1-4H3,(H,31,39). The first-order valence-corrected chi connectivity index (χ1v) is 17.8. The Bertz CT molecular complexity index is 1730. The second-order valence-corrected chi connectivity index (χ2v) is 17.2. The molecule has 0 fully saturated rings. The maximum atomic E-state index is 11.9. The van der Waals surface area contributed by atoms with Gasteiger partial charge in [-0.05, 0) is 37.2 Å². The Morgan fingerprint density at radius 3 is 2.74 bits per heavy atom. The number of halogens is 1. The van der Waals surface area contributed by atoms with Crippen LogP contribution in [0.4, 0.5) is 0 Å². The maximum absolute atomic E-state index is 11.9. The summed E-state index contributed by atoms with van der Waals surface area (Å²) in [5.74, 6) is 1.66. The zero-order valence-electron chi connectivity index (χ0n) is 24.1. The number of imidazole rings is 1. The van der Waals surface area contributed by atoms with Crippen LogP contribution in [0, 0.1) is 6.92 Å². The molecule has 0 bridgehead atoms. The zero-order chi connectivity index (χ0) is 29.9. The molecule has 220 valence electrons. The molecule has 5 rings (SSSR count). The van der Waals surface area contributed by atoms with E-state index in [1.807, 2.05) is 25.1 Å².